The van der Waals surface area contributed by atoms with Gasteiger partial charge in [0, 0.05) is 12.7 Å². The van der Waals surface area contributed by atoms with Crippen molar-refractivity contribution in [1.29, 1.82) is 0 Å². The molecule has 1 aliphatic heterocycles. The largest absolute Gasteiger partial charge is 0.356 e. The van der Waals surface area contributed by atoms with Crippen LogP contribution >= 0.6 is 0 Å². The van der Waals surface area contributed by atoms with Crippen LogP contribution in [0.1, 0.15) is 24.5 Å². The molecule has 0 saturated carbocycles. The van der Waals surface area contributed by atoms with Gasteiger partial charge < -0.3 is 5.32 Å². The first kappa shape index (κ1) is 8.23. The highest BCUT2D eigenvalue weighted by Crippen LogP contribution is 2.21. The lowest BCUT2D eigenvalue weighted by Crippen LogP contribution is -2.35. The van der Waals surface area contributed by atoms with Crippen molar-refractivity contribution in [3.8, 4) is 0 Å². The van der Waals surface area contributed by atoms with Gasteiger partial charge >= 0.3 is 0 Å². The predicted molar refractivity (Wildman–Crippen MR) is 49.2 cm³/mol. The number of nitrogens with one attached hydrogen (secondary N) is 1. The Morgan fingerprint density at radius 2 is 2.38 bits per heavy atom. The van der Waals surface area contributed by atoms with E-state index in [-0.39, 0.29) is 11.8 Å². The summed E-state index contributed by atoms with van der Waals surface area (Å²) in [5.74, 6) is 0.0832. The second kappa shape index (κ2) is 3.56. The SMILES string of the molecule is O=C1NCCC[C@@H]1c1ccccn1. The van der Waals surface area contributed by atoms with E-state index in [0.717, 1.165) is 25.1 Å². The first-order valence-electron chi connectivity index (χ1n) is 4.56. The van der Waals surface area contributed by atoms with Crippen LogP contribution in [0.4, 0.5) is 0 Å². The fourth-order valence-electron chi connectivity index (χ4n) is 1.64. The van der Waals surface area contributed by atoms with Crippen LogP contribution in [0.15, 0.2) is 24.4 Å². The van der Waals surface area contributed by atoms with Gasteiger partial charge in [0.05, 0.1) is 11.6 Å². The van der Waals surface area contributed by atoms with Crippen LogP contribution < -0.4 is 5.32 Å². The summed E-state index contributed by atoms with van der Waals surface area (Å²) in [6, 6.07) is 5.70. The Bertz CT molecular complexity index is 297. The van der Waals surface area contributed by atoms with Gasteiger partial charge in [-0.25, -0.2) is 0 Å². The van der Waals surface area contributed by atoms with Crippen molar-refractivity contribution in [2.75, 3.05) is 6.54 Å². The molecule has 0 spiro atoms. The maximum atomic E-state index is 11.4. The van der Waals surface area contributed by atoms with Crippen molar-refractivity contribution >= 4 is 5.91 Å². The van der Waals surface area contributed by atoms with Crippen molar-refractivity contribution in [2.45, 2.75) is 18.8 Å². The van der Waals surface area contributed by atoms with Crippen molar-refractivity contribution in [3.05, 3.63) is 30.1 Å². The number of pyridine rings is 1. The highest BCUT2D eigenvalue weighted by molar-refractivity contribution is 5.83. The number of nitrogens with zero attached hydrogens (tertiary/aromatic N) is 1. The highest BCUT2D eigenvalue weighted by atomic mass is 16.1. The van der Waals surface area contributed by atoms with Gasteiger partial charge in [0.15, 0.2) is 0 Å². The average molecular weight is 176 g/mol. The number of aromatic nitrogens is 1. The smallest absolute Gasteiger partial charge is 0.229 e. The van der Waals surface area contributed by atoms with Gasteiger partial charge in [0.25, 0.3) is 0 Å². The summed E-state index contributed by atoms with van der Waals surface area (Å²) in [5, 5.41) is 2.85. The summed E-state index contributed by atoms with van der Waals surface area (Å²) in [6.45, 7) is 0.808. The summed E-state index contributed by atoms with van der Waals surface area (Å²) in [7, 11) is 0. The monoisotopic (exact) mass is 176 g/mol. The molecule has 0 aromatic carbocycles. The molecule has 0 aliphatic carbocycles. The Labute approximate surface area is 77.2 Å². The maximum absolute atomic E-state index is 11.4. The number of piperidine rings is 1. The topological polar surface area (TPSA) is 42.0 Å². The maximum Gasteiger partial charge on any atom is 0.229 e. The molecule has 1 atom stereocenters. The molecular weight excluding hydrogens is 164 g/mol. The van der Waals surface area contributed by atoms with Crippen LogP contribution in [0.25, 0.3) is 0 Å². The Morgan fingerprint density at radius 1 is 1.46 bits per heavy atom. The summed E-state index contributed by atoms with van der Waals surface area (Å²) in [6.07, 6.45) is 3.70. The third-order valence-corrected chi connectivity index (χ3v) is 2.33. The van der Waals surface area contributed by atoms with Crippen molar-refractivity contribution in [2.24, 2.45) is 0 Å². The molecule has 1 N–H and O–H groups in total. The van der Waals surface area contributed by atoms with Gasteiger partial charge in [-0.1, -0.05) is 6.07 Å². The molecule has 0 unspecified atom stereocenters. The third-order valence-electron chi connectivity index (χ3n) is 2.33. The summed E-state index contributed by atoms with van der Waals surface area (Å²) in [5.41, 5.74) is 0.889. The molecule has 3 heteroatoms. The van der Waals surface area contributed by atoms with E-state index < -0.39 is 0 Å². The standard InChI is InChI=1S/C10H12N2O/c13-10-8(4-3-7-12-10)9-5-1-2-6-11-9/h1-2,5-6,8H,3-4,7H2,(H,12,13)/t8-/m1/s1. The zero-order valence-corrected chi connectivity index (χ0v) is 7.36. The summed E-state index contributed by atoms with van der Waals surface area (Å²) < 4.78 is 0. The van der Waals surface area contributed by atoms with Crippen LogP contribution in [0, 0.1) is 0 Å². The molecule has 68 valence electrons. The van der Waals surface area contributed by atoms with Gasteiger partial charge in [-0.2, -0.15) is 0 Å². The molecule has 13 heavy (non-hydrogen) atoms. The van der Waals surface area contributed by atoms with E-state index in [1.165, 1.54) is 0 Å². The predicted octanol–water partition coefficient (Wildman–Crippen LogP) is 1.08. The van der Waals surface area contributed by atoms with Crippen LogP contribution in [0.5, 0.6) is 0 Å². The van der Waals surface area contributed by atoms with Gasteiger partial charge in [-0.05, 0) is 25.0 Å². The number of carbonyl (C=O) groups excluding carboxylic acids is 1. The molecule has 0 bridgehead atoms. The van der Waals surface area contributed by atoms with Crippen molar-refractivity contribution < 1.29 is 4.79 Å². The quantitative estimate of drug-likeness (QED) is 0.695. The Balaban J connectivity index is 2.20. The number of rotatable bonds is 1. The van der Waals surface area contributed by atoms with E-state index in [9.17, 15) is 4.79 Å². The fraction of sp³-hybridized carbons (Fsp3) is 0.400. The lowest BCUT2D eigenvalue weighted by atomic mass is 9.95. The van der Waals surface area contributed by atoms with Crippen LogP contribution in [-0.2, 0) is 4.79 Å². The van der Waals surface area contributed by atoms with Crippen LogP contribution in [0.3, 0.4) is 0 Å². The Hall–Kier alpha value is -1.38. The number of amides is 1. The molecule has 1 fully saturated rings. The fourth-order valence-corrected chi connectivity index (χ4v) is 1.64. The molecule has 0 radical (unpaired) electrons. The average Bonchev–Trinajstić information content (AvgIpc) is 2.20. The molecule has 1 aromatic rings. The first-order valence-corrected chi connectivity index (χ1v) is 4.56. The number of hydrogen-bond donors (Lipinski definition) is 1. The highest BCUT2D eigenvalue weighted by Gasteiger charge is 2.24. The van der Waals surface area contributed by atoms with Gasteiger partial charge in [-0.15, -0.1) is 0 Å². The summed E-state index contributed by atoms with van der Waals surface area (Å²) in [4.78, 5) is 15.6. The van der Waals surface area contributed by atoms with E-state index in [1.54, 1.807) is 6.20 Å². The normalized spacial score (nSPS) is 22.5. The third kappa shape index (κ3) is 1.69. The van der Waals surface area contributed by atoms with Gasteiger partial charge in [-0.3, -0.25) is 9.78 Å². The van der Waals surface area contributed by atoms with E-state index in [2.05, 4.69) is 10.3 Å². The van der Waals surface area contributed by atoms with E-state index >= 15 is 0 Å². The number of carbonyl (C=O) groups is 1. The lowest BCUT2D eigenvalue weighted by molar-refractivity contribution is -0.123. The molecule has 1 saturated heterocycles. The van der Waals surface area contributed by atoms with Crippen molar-refractivity contribution in [3.63, 3.8) is 0 Å². The molecule has 2 rings (SSSR count). The van der Waals surface area contributed by atoms with Crippen molar-refractivity contribution in [1.82, 2.24) is 10.3 Å². The molecule has 1 aromatic heterocycles. The first-order chi connectivity index (χ1) is 6.38. The molecule has 3 nitrogen and oxygen atoms in total. The van der Waals surface area contributed by atoms with E-state index in [4.69, 9.17) is 0 Å². The molecule has 1 amide bonds. The molecular formula is C10H12N2O. The molecule has 2 heterocycles. The van der Waals surface area contributed by atoms with E-state index in [0.29, 0.717) is 0 Å². The second-order valence-electron chi connectivity index (χ2n) is 3.24. The van der Waals surface area contributed by atoms with Crippen LogP contribution in [0.2, 0.25) is 0 Å². The van der Waals surface area contributed by atoms with Gasteiger partial charge in [0.1, 0.15) is 0 Å². The number of hydrogen-bond acceptors (Lipinski definition) is 2. The lowest BCUT2D eigenvalue weighted by Gasteiger charge is -2.20. The van der Waals surface area contributed by atoms with E-state index in [1.807, 2.05) is 18.2 Å². The Kier molecular flexibility index (Phi) is 2.25. The van der Waals surface area contributed by atoms with Gasteiger partial charge in [0.2, 0.25) is 5.91 Å². The minimum Gasteiger partial charge on any atom is -0.356 e. The zero-order chi connectivity index (χ0) is 9.10. The minimum atomic E-state index is -0.0325. The summed E-state index contributed by atoms with van der Waals surface area (Å²) >= 11 is 0. The minimum absolute atomic E-state index is 0.0325. The second-order valence-corrected chi connectivity index (χ2v) is 3.24. The molecule has 1 aliphatic rings. The zero-order valence-electron chi connectivity index (χ0n) is 7.36. The Morgan fingerprint density at radius 3 is 3.08 bits per heavy atom. The van der Waals surface area contributed by atoms with Crippen LogP contribution in [-0.4, -0.2) is 17.4 Å².